The van der Waals surface area contributed by atoms with E-state index in [1.807, 2.05) is 0 Å². The highest BCUT2D eigenvalue weighted by molar-refractivity contribution is 14.1. The number of hydrogen-bond donors (Lipinski definition) is 0. The Kier molecular flexibility index (Phi) is 3.15. The van der Waals surface area contributed by atoms with Crippen molar-refractivity contribution in [3.63, 3.8) is 0 Å². The Morgan fingerprint density at radius 2 is 1.24 bits per heavy atom. The molecule has 0 aliphatic carbocycles. The third-order valence-electron chi connectivity index (χ3n) is 3.90. The maximum atomic E-state index is 2.44. The summed E-state index contributed by atoms with van der Waals surface area (Å²) in [6, 6.07) is 28.2. The van der Waals surface area contributed by atoms with Gasteiger partial charge < -0.3 is 0 Å². The van der Waals surface area contributed by atoms with Gasteiger partial charge in [-0.25, -0.2) is 0 Å². The minimum atomic E-state index is 1.28. The van der Waals surface area contributed by atoms with Gasteiger partial charge in [0, 0.05) is 9.13 Å². The highest BCUT2D eigenvalue weighted by atomic mass is 127. The third-order valence-corrected chi connectivity index (χ3v) is 4.80. The molecule has 4 aromatic carbocycles. The first-order chi connectivity index (χ1) is 10.3. The van der Waals surface area contributed by atoms with Crippen molar-refractivity contribution in [1.29, 1.82) is 0 Å². The fourth-order valence-electron chi connectivity index (χ4n) is 2.89. The summed E-state index contributed by atoms with van der Waals surface area (Å²) in [7, 11) is 0. The Labute approximate surface area is 137 Å². The molecule has 0 spiro atoms. The van der Waals surface area contributed by atoms with Crippen molar-refractivity contribution in [2.75, 3.05) is 0 Å². The van der Waals surface area contributed by atoms with Gasteiger partial charge in [0.2, 0.25) is 0 Å². The molecule has 0 N–H and O–H groups in total. The van der Waals surface area contributed by atoms with Gasteiger partial charge in [-0.1, -0.05) is 60.7 Å². The largest absolute Gasteiger partial charge is 0.0622 e. The van der Waals surface area contributed by atoms with Gasteiger partial charge in [0.1, 0.15) is 0 Å². The topological polar surface area (TPSA) is 0 Å². The van der Waals surface area contributed by atoms with Crippen molar-refractivity contribution in [3.05, 3.63) is 82.4 Å². The molecule has 1 heteroatoms. The Balaban J connectivity index is 2.14. The van der Waals surface area contributed by atoms with E-state index in [1.54, 1.807) is 0 Å². The average Bonchev–Trinajstić information content (AvgIpc) is 2.54. The number of halogens is 1. The molecule has 0 fully saturated rings. The second-order valence-electron chi connectivity index (χ2n) is 5.21. The summed E-state index contributed by atoms with van der Waals surface area (Å²) >= 11 is 2.44. The zero-order valence-corrected chi connectivity index (χ0v) is 13.5. The van der Waals surface area contributed by atoms with E-state index in [9.17, 15) is 0 Å². The van der Waals surface area contributed by atoms with Gasteiger partial charge in [-0.15, -0.1) is 0 Å². The van der Waals surface area contributed by atoms with Crippen LogP contribution < -0.4 is 0 Å². The molecule has 0 saturated carbocycles. The highest BCUT2D eigenvalue weighted by Gasteiger charge is 2.09. The first kappa shape index (κ1) is 12.8. The van der Waals surface area contributed by atoms with Crippen LogP contribution in [-0.2, 0) is 0 Å². The Bertz CT molecular complexity index is 940. The highest BCUT2D eigenvalue weighted by Crippen LogP contribution is 2.35. The van der Waals surface area contributed by atoms with Gasteiger partial charge in [-0.05, 0) is 67.9 Å². The second kappa shape index (κ2) is 5.15. The molecule has 0 radical (unpaired) electrons. The summed E-state index contributed by atoms with van der Waals surface area (Å²) in [5.41, 5.74) is 2.61. The molecule has 0 atom stereocenters. The molecular formula is C20H13I. The minimum Gasteiger partial charge on any atom is -0.0622 e. The van der Waals surface area contributed by atoms with Crippen LogP contribution in [0.4, 0.5) is 0 Å². The van der Waals surface area contributed by atoms with E-state index < -0.39 is 0 Å². The summed E-state index contributed by atoms with van der Waals surface area (Å²) in [6.45, 7) is 0. The van der Waals surface area contributed by atoms with E-state index >= 15 is 0 Å². The van der Waals surface area contributed by atoms with Crippen LogP contribution in [0.15, 0.2) is 78.9 Å². The van der Waals surface area contributed by atoms with Crippen molar-refractivity contribution in [3.8, 4) is 11.1 Å². The van der Waals surface area contributed by atoms with Crippen LogP contribution in [0.3, 0.4) is 0 Å². The molecular weight excluding hydrogens is 367 g/mol. The van der Waals surface area contributed by atoms with E-state index in [0.29, 0.717) is 0 Å². The summed E-state index contributed by atoms with van der Waals surface area (Å²) < 4.78 is 1.29. The smallest absolute Gasteiger partial charge is 0.0215 e. The van der Waals surface area contributed by atoms with Crippen LogP contribution in [0.1, 0.15) is 0 Å². The normalized spacial score (nSPS) is 11.1. The molecule has 0 heterocycles. The number of hydrogen-bond acceptors (Lipinski definition) is 0. The molecule has 100 valence electrons. The summed E-state index contributed by atoms with van der Waals surface area (Å²) in [4.78, 5) is 0. The van der Waals surface area contributed by atoms with E-state index in [4.69, 9.17) is 0 Å². The molecule has 0 aliphatic heterocycles. The quantitative estimate of drug-likeness (QED) is 0.270. The minimum absolute atomic E-state index is 1.28. The fraction of sp³-hybridized carbons (Fsp3) is 0. The maximum Gasteiger partial charge on any atom is 0.0215 e. The molecule has 0 nitrogen and oxygen atoms in total. The Morgan fingerprint density at radius 1 is 0.571 bits per heavy atom. The van der Waals surface area contributed by atoms with Gasteiger partial charge >= 0.3 is 0 Å². The molecule has 0 amide bonds. The van der Waals surface area contributed by atoms with Crippen molar-refractivity contribution in [2.24, 2.45) is 0 Å². The standard InChI is InChI=1S/C20H13I/c21-19-11-10-17-12-15-8-4-5-9-16(15)13-18(17)20(19)14-6-2-1-3-7-14/h1-13H. The van der Waals surface area contributed by atoms with Gasteiger partial charge in [-0.2, -0.15) is 0 Å². The number of benzene rings is 4. The molecule has 4 aromatic rings. The predicted molar refractivity (Wildman–Crippen MR) is 99.6 cm³/mol. The lowest BCUT2D eigenvalue weighted by molar-refractivity contribution is 1.63. The van der Waals surface area contributed by atoms with E-state index in [2.05, 4.69) is 101 Å². The van der Waals surface area contributed by atoms with Crippen LogP contribution in [0.25, 0.3) is 32.7 Å². The molecule has 4 rings (SSSR count). The summed E-state index contributed by atoms with van der Waals surface area (Å²) in [5, 5.41) is 5.22. The van der Waals surface area contributed by atoms with Crippen molar-refractivity contribution in [1.82, 2.24) is 0 Å². The van der Waals surface area contributed by atoms with Gasteiger partial charge in [0.25, 0.3) is 0 Å². The predicted octanol–water partition coefficient (Wildman–Crippen LogP) is 6.26. The maximum absolute atomic E-state index is 2.44. The average molecular weight is 380 g/mol. The number of fused-ring (bicyclic) bond motifs is 2. The molecule has 0 unspecified atom stereocenters. The van der Waals surface area contributed by atoms with Crippen LogP contribution >= 0.6 is 22.6 Å². The van der Waals surface area contributed by atoms with Gasteiger partial charge in [0.15, 0.2) is 0 Å². The van der Waals surface area contributed by atoms with Gasteiger partial charge in [0.05, 0.1) is 0 Å². The lowest BCUT2D eigenvalue weighted by Gasteiger charge is -2.11. The Hall–Kier alpha value is -1.87. The first-order valence-electron chi connectivity index (χ1n) is 6.99. The molecule has 0 aliphatic rings. The SMILES string of the molecule is Ic1ccc2cc3ccccc3cc2c1-c1ccccc1. The van der Waals surface area contributed by atoms with Crippen LogP contribution in [-0.4, -0.2) is 0 Å². The monoisotopic (exact) mass is 380 g/mol. The zero-order chi connectivity index (χ0) is 14.2. The number of rotatable bonds is 1. The van der Waals surface area contributed by atoms with Crippen LogP contribution in [0.5, 0.6) is 0 Å². The Morgan fingerprint density at radius 3 is 2.00 bits per heavy atom. The van der Waals surface area contributed by atoms with Crippen molar-refractivity contribution >= 4 is 44.1 Å². The molecule has 0 bridgehead atoms. The van der Waals surface area contributed by atoms with E-state index in [1.165, 1.54) is 36.2 Å². The van der Waals surface area contributed by atoms with Crippen LogP contribution in [0, 0.1) is 3.57 Å². The third kappa shape index (κ3) is 2.22. The molecule has 0 aromatic heterocycles. The van der Waals surface area contributed by atoms with E-state index in [-0.39, 0.29) is 0 Å². The lowest BCUT2D eigenvalue weighted by atomic mass is 9.96. The summed E-state index contributed by atoms with van der Waals surface area (Å²) in [6.07, 6.45) is 0. The fourth-order valence-corrected chi connectivity index (χ4v) is 3.67. The summed E-state index contributed by atoms with van der Waals surface area (Å²) in [5.74, 6) is 0. The second-order valence-corrected chi connectivity index (χ2v) is 6.37. The van der Waals surface area contributed by atoms with Crippen molar-refractivity contribution in [2.45, 2.75) is 0 Å². The van der Waals surface area contributed by atoms with E-state index in [0.717, 1.165) is 0 Å². The van der Waals surface area contributed by atoms with Gasteiger partial charge in [-0.3, -0.25) is 0 Å². The van der Waals surface area contributed by atoms with Crippen molar-refractivity contribution < 1.29 is 0 Å². The zero-order valence-electron chi connectivity index (χ0n) is 11.4. The molecule has 0 saturated heterocycles. The van der Waals surface area contributed by atoms with Crippen LogP contribution in [0.2, 0.25) is 0 Å². The molecule has 21 heavy (non-hydrogen) atoms. The lowest BCUT2D eigenvalue weighted by Crippen LogP contribution is -1.86. The first-order valence-corrected chi connectivity index (χ1v) is 8.07.